The third kappa shape index (κ3) is 6.88. The van der Waals surface area contributed by atoms with Crippen LogP contribution in [0.4, 0.5) is 0 Å². The van der Waals surface area contributed by atoms with Crippen LogP contribution >= 0.6 is 0 Å². The number of ether oxygens (including phenoxy) is 1. The van der Waals surface area contributed by atoms with Crippen molar-refractivity contribution in [3.8, 4) is 5.75 Å². The lowest BCUT2D eigenvalue weighted by molar-refractivity contribution is 0.107. The molecule has 0 spiro atoms. The highest BCUT2D eigenvalue weighted by molar-refractivity contribution is 7.91. The average molecular weight is 301 g/mol. The van der Waals surface area contributed by atoms with E-state index in [4.69, 9.17) is 4.74 Å². The molecule has 1 aromatic rings. The van der Waals surface area contributed by atoms with Crippen molar-refractivity contribution in [2.24, 2.45) is 0 Å². The van der Waals surface area contributed by atoms with Gasteiger partial charge in [0.2, 0.25) is 0 Å². The van der Waals surface area contributed by atoms with Gasteiger partial charge in [0.15, 0.2) is 9.84 Å². The fourth-order valence-electron chi connectivity index (χ4n) is 1.60. The second-order valence-corrected chi connectivity index (χ2v) is 7.19. The molecule has 1 atom stereocenters. The quantitative estimate of drug-likeness (QED) is 0.659. The largest absolute Gasteiger partial charge is 0.491 e. The number of nitrogens with one attached hydrogen (secondary N) is 1. The van der Waals surface area contributed by atoms with Crippen molar-refractivity contribution < 1.29 is 18.3 Å². The first kappa shape index (κ1) is 16.9. The summed E-state index contributed by atoms with van der Waals surface area (Å²) < 4.78 is 28.0. The van der Waals surface area contributed by atoms with E-state index in [2.05, 4.69) is 5.32 Å². The van der Waals surface area contributed by atoms with Gasteiger partial charge in [0.05, 0.1) is 5.75 Å². The Hall–Kier alpha value is -1.11. The van der Waals surface area contributed by atoms with E-state index in [0.29, 0.717) is 13.1 Å². The van der Waals surface area contributed by atoms with Gasteiger partial charge in [0.1, 0.15) is 18.5 Å². The van der Waals surface area contributed by atoms with Crippen molar-refractivity contribution >= 4 is 9.84 Å². The minimum Gasteiger partial charge on any atom is -0.491 e. The molecule has 1 rings (SSSR count). The molecule has 0 heterocycles. The summed E-state index contributed by atoms with van der Waals surface area (Å²) in [6.45, 7) is 4.43. The molecule has 20 heavy (non-hydrogen) atoms. The molecule has 1 aromatic carbocycles. The van der Waals surface area contributed by atoms with Crippen molar-refractivity contribution in [1.29, 1.82) is 0 Å². The number of aryl methyl sites for hydroxylation is 1. The third-order valence-corrected chi connectivity index (χ3v) is 4.55. The second-order valence-electron chi connectivity index (χ2n) is 4.72. The highest BCUT2D eigenvalue weighted by Gasteiger charge is 2.08. The summed E-state index contributed by atoms with van der Waals surface area (Å²) in [6.07, 6.45) is -0.667. The molecule has 5 nitrogen and oxygen atoms in total. The van der Waals surface area contributed by atoms with Gasteiger partial charge in [-0.25, -0.2) is 8.42 Å². The van der Waals surface area contributed by atoms with E-state index in [9.17, 15) is 13.5 Å². The Morgan fingerprint density at radius 1 is 1.40 bits per heavy atom. The summed E-state index contributed by atoms with van der Waals surface area (Å²) in [5.41, 5.74) is 1.10. The molecule has 0 aliphatic rings. The Balaban J connectivity index is 2.19. The molecule has 0 aliphatic carbocycles. The van der Waals surface area contributed by atoms with E-state index in [1.165, 1.54) is 0 Å². The van der Waals surface area contributed by atoms with Crippen LogP contribution in [0.1, 0.15) is 12.5 Å². The lowest BCUT2D eigenvalue weighted by Crippen LogP contribution is -2.34. The van der Waals surface area contributed by atoms with Crippen LogP contribution in [0.25, 0.3) is 0 Å². The predicted octanol–water partition coefficient (Wildman–Crippen LogP) is 0.759. The van der Waals surface area contributed by atoms with Crippen LogP contribution in [0.2, 0.25) is 0 Å². The minimum atomic E-state index is -2.95. The lowest BCUT2D eigenvalue weighted by Gasteiger charge is -2.13. The maximum Gasteiger partial charge on any atom is 0.151 e. The van der Waals surface area contributed by atoms with Gasteiger partial charge < -0.3 is 15.2 Å². The van der Waals surface area contributed by atoms with Crippen LogP contribution in [0.3, 0.4) is 0 Å². The molecule has 0 amide bonds. The van der Waals surface area contributed by atoms with Crippen LogP contribution in [0, 0.1) is 6.92 Å². The van der Waals surface area contributed by atoms with E-state index in [1.807, 2.05) is 31.2 Å². The first-order chi connectivity index (χ1) is 9.43. The number of sulfone groups is 1. The molecule has 2 N–H and O–H groups in total. The number of hydrogen-bond donors (Lipinski definition) is 2. The van der Waals surface area contributed by atoms with Crippen molar-refractivity contribution in [1.82, 2.24) is 5.32 Å². The maximum absolute atomic E-state index is 11.3. The summed E-state index contributed by atoms with van der Waals surface area (Å²) in [5.74, 6) is 0.959. The summed E-state index contributed by atoms with van der Waals surface area (Å²) >= 11 is 0. The summed E-state index contributed by atoms with van der Waals surface area (Å²) in [4.78, 5) is 0. The van der Waals surface area contributed by atoms with E-state index in [1.54, 1.807) is 6.92 Å². The van der Waals surface area contributed by atoms with Crippen LogP contribution in [0.15, 0.2) is 24.3 Å². The van der Waals surface area contributed by atoms with Crippen molar-refractivity contribution in [3.05, 3.63) is 29.8 Å². The number of benzene rings is 1. The van der Waals surface area contributed by atoms with Gasteiger partial charge in [-0.3, -0.25) is 0 Å². The SMILES string of the molecule is CCS(=O)(=O)CCNCC(O)COc1cccc(C)c1. The summed E-state index contributed by atoms with van der Waals surface area (Å²) in [5, 5.41) is 12.6. The van der Waals surface area contributed by atoms with Gasteiger partial charge in [-0.05, 0) is 24.6 Å². The average Bonchev–Trinajstić information content (AvgIpc) is 2.41. The molecule has 0 fully saturated rings. The molecule has 1 unspecified atom stereocenters. The Kier molecular flexibility index (Phi) is 6.98. The number of hydrogen-bond acceptors (Lipinski definition) is 5. The standard InChI is InChI=1S/C14H23NO4S/c1-3-20(17,18)8-7-15-10-13(16)11-19-14-6-4-5-12(2)9-14/h4-6,9,13,15-16H,3,7-8,10-11H2,1-2H3. The Morgan fingerprint density at radius 2 is 2.15 bits per heavy atom. The van der Waals surface area contributed by atoms with E-state index >= 15 is 0 Å². The zero-order chi connectivity index (χ0) is 15.0. The van der Waals surface area contributed by atoms with Gasteiger partial charge in [-0.15, -0.1) is 0 Å². The predicted molar refractivity (Wildman–Crippen MR) is 79.9 cm³/mol. The van der Waals surface area contributed by atoms with Gasteiger partial charge >= 0.3 is 0 Å². The van der Waals surface area contributed by atoms with E-state index in [0.717, 1.165) is 11.3 Å². The maximum atomic E-state index is 11.3. The van der Waals surface area contributed by atoms with Crippen molar-refractivity contribution in [3.63, 3.8) is 0 Å². The van der Waals surface area contributed by atoms with Gasteiger partial charge in [0, 0.05) is 18.8 Å². The highest BCUT2D eigenvalue weighted by Crippen LogP contribution is 2.12. The molecule has 6 heteroatoms. The zero-order valence-corrected chi connectivity index (χ0v) is 12.8. The molecule has 0 bridgehead atoms. The molecule has 0 radical (unpaired) electrons. The fourth-order valence-corrected chi connectivity index (χ4v) is 2.34. The first-order valence-electron chi connectivity index (χ1n) is 6.71. The van der Waals surface area contributed by atoms with Crippen molar-refractivity contribution in [2.75, 3.05) is 31.2 Å². The molecule has 0 saturated heterocycles. The van der Waals surface area contributed by atoms with E-state index < -0.39 is 15.9 Å². The Labute approximate surface area is 120 Å². The van der Waals surface area contributed by atoms with Gasteiger partial charge in [-0.2, -0.15) is 0 Å². The zero-order valence-electron chi connectivity index (χ0n) is 12.0. The van der Waals surface area contributed by atoms with E-state index in [-0.39, 0.29) is 18.1 Å². The summed E-state index contributed by atoms with van der Waals surface area (Å²) in [6, 6.07) is 7.60. The van der Waals surface area contributed by atoms with Gasteiger partial charge in [-0.1, -0.05) is 19.1 Å². The van der Waals surface area contributed by atoms with Crippen molar-refractivity contribution in [2.45, 2.75) is 20.0 Å². The van der Waals surface area contributed by atoms with Crippen LogP contribution in [-0.4, -0.2) is 50.8 Å². The van der Waals surface area contributed by atoms with Crippen LogP contribution in [0.5, 0.6) is 5.75 Å². The highest BCUT2D eigenvalue weighted by atomic mass is 32.2. The second kappa shape index (κ2) is 8.24. The fraction of sp³-hybridized carbons (Fsp3) is 0.571. The molecule has 114 valence electrons. The molecule has 0 aromatic heterocycles. The summed E-state index contributed by atoms with van der Waals surface area (Å²) in [7, 11) is -2.95. The Morgan fingerprint density at radius 3 is 2.80 bits per heavy atom. The number of rotatable bonds is 9. The van der Waals surface area contributed by atoms with Crippen LogP contribution in [-0.2, 0) is 9.84 Å². The molecule has 0 aliphatic heterocycles. The smallest absolute Gasteiger partial charge is 0.151 e. The third-order valence-electron chi connectivity index (χ3n) is 2.84. The van der Waals surface area contributed by atoms with Crippen LogP contribution < -0.4 is 10.1 Å². The molecular weight excluding hydrogens is 278 g/mol. The topological polar surface area (TPSA) is 75.6 Å². The molecule has 0 saturated carbocycles. The first-order valence-corrected chi connectivity index (χ1v) is 8.54. The number of aliphatic hydroxyl groups is 1. The molecular formula is C14H23NO4S. The normalized spacial score (nSPS) is 13.2. The number of aliphatic hydroxyl groups excluding tert-OH is 1. The minimum absolute atomic E-state index is 0.0922. The monoisotopic (exact) mass is 301 g/mol. The Bertz CT molecular complexity index is 502. The van der Waals surface area contributed by atoms with Gasteiger partial charge in [0.25, 0.3) is 0 Å². The lowest BCUT2D eigenvalue weighted by atomic mass is 10.2.